The maximum Gasteiger partial charge on any atom is 3.00 e. The van der Waals surface area contributed by atoms with Gasteiger partial charge in [0.25, 0.3) is 0 Å². The van der Waals surface area contributed by atoms with Crippen molar-refractivity contribution in [3.05, 3.63) is 226 Å². The predicted molar refractivity (Wildman–Crippen MR) is 280 cm³/mol. The largest absolute Gasteiger partial charge is 3.00 e. The molecule has 2 atom stereocenters. The number of hydrogen-bond donors (Lipinski definition) is 0. The van der Waals surface area contributed by atoms with Gasteiger partial charge in [0.2, 0.25) is 0 Å². The molecule has 0 aliphatic heterocycles. The Balaban J connectivity index is 0.00000608. The topological polar surface area (TPSA) is 53.5 Å². The normalized spacial score (nSPS) is 14.7. The molecule has 0 radical (unpaired) electrons. The summed E-state index contributed by atoms with van der Waals surface area (Å²) < 4.78 is 6.33. The maximum atomic E-state index is 4.86. The molecule has 1 saturated carbocycles. The van der Waals surface area contributed by atoms with Crippen molar-refractivity contribution in [1.82, 2.24) is 28.9 Å². The first-order valence-electron chi connectivity index (χ1n) is 25.2. The first-order valence-corrected chi connectivity index (χ1v) is 25.2. The molecule has 1 aliphatic carbocycles. The third kappa shape index (κ3) is 11.4. The van der Waals surface area contributed by atoms with E-state index in [2.05, 4.69) is 169 Å². The van der Waals surface area contributed by atoms with Crippen molar-refractivity contribution >= 4 is 0 Å². The van der Waals surface area contributed by atoms with E-state index in [-0.39, 0.29) is 20.1 Å². The summed E-state index contributed by atoms with van der Waals surface area (Å²) in [6.45, 7) is 8.91. The Hall–Kier alpha value is -6.40. The predicted octanol–water partition coefficient (Wildman–Crippen LogP) is 14.2. The van der Waals surface area contributed by atoms with Crippen LogP contribution in [0, 0.1) is 57.7 Å². The SMILES string of the molecule is Cc1cc(CCc2cccc(CCc3cc(C)c(-n4ccnc4-c4[c-]cc(CCC5CCCC(CCc6c[c-]c(-n7cccn7)cc6)C5)cc4)c(C)c3)c2)cc(C)c1-n1ccnc1-c1[c-]cccc1.[Ir+3]. The Labute approximate surface area is 429 Å². The number of hydrogen-bond acceptors (Lipinski definition) is 3. The summed E-state index contributed by atoms with van der Waals surface area (Å²) in [4.78, 5) is 9.53. The van der Waals surface area contributed by atoms with Gasteiger partial charge >= 0.3 is 20.1 Å². The molecule has 0 saturated heterocycles. The van der Waals surface area contributed by atoms with Crippen molar-refractivity contribution < 1.29 is 20.1 Å². The van der Waals surface area contributed by atoms with Gasteiger partial charge in [0, 0.05) is 48.6 Å². The number of aryl methyl sites for hydroxylation is 10. The molecule has 0 spiro atoms. The second kappa shape index (κ2) is 22.6. The van der Waals surface area contributed by atoms with Gasteiger partial charge in [-0.1, -0.05) is 93.5 Å². The van der Waals surface area contributed by atoms with Crippen molar-refractivity contribution in [3.63, 3.8) is 0 Å². The Morgan fingerprint density at radius 3 is 1.56 bits per heavy atom. The molecule has 10 rings (SSSR count). The van der Waals surface area contributed by atoms with Gasteiger partial charge in [-0.3, -0.25) is 14.6 Å². The van der Waals surface area contributed by atoms with E-state index in [9.17, 15) is 0 Å². The number of nitrogens with zero attached hydrogens (tertiary/aromatic N) is 6. The van der Waals surface area contributed by atoms with Crippen LogP contribution in [-0.4, -0.2) is 28.9 Å². The number of rotatable bonds is 17. The summed E-state index contributed by atoms with van der Waals surface area (Å²) >= 11 is 0. The van der Waals surface area contributed by atoms with Gasteiger partial charge < -0.3 is 9.13 Å². The van der Waals surface area contributed by atoms with Crippen molar-refractivity contribution in [2.24, 2.45) is 11.8 Å². The number of imidazole rings is 2. The molecule has 6 aromatic carbocycles. The van der Waals surface area contributed by atoms with Gasteiger partial charge in [0.05, 0.1) is 11.6 Å². The smallest absolute Gasteiger partial charge is 0.340 e. The minimum absolute atomic E-state index is 0. The molecule has 0 N–H and O–H groups in total. The van der Waals surface area contributed by atoms with E-state index in [1.807, 2.05) is 53.7 Å². The van der Waals surface area contributed by atoms with Gasteiger partial charge in [0.1, 0.15) is 0 Å². The van der Waals surface area contributed by atoms with Crippen molar-refractivity contribution in [1.29, 1.82) is 0 Å². The van der Waals surface area contributed by atoms with Gasteiger partial charge in [-0.2, -0.15) is 28.9 Å². The molecular weight excluding hydrogens is 1030 g/mol. The average molecular weight is 1100 g/mol. The standard InChI is InChI=1S/C63H63N6.Ir/c1-45-39-55(40-46(2)60(45)67-37-34-64-62(67)57-15-6-5-7-16-57)23-21-53-13-9-14-54(44-53)22-24-56-41-47(3)61(48(4)42-56)68-38-35-65-63(68)58-29-25-49(26-30-58)17-19-51-11-8-12-52(43-51)20-18-50-27-31-59(32-28-50)69-36-10-33-66-69;/h5-7,9-10,13-15,25-29,31,33-42,44,51-52H,8,11-12,17-24,43H2,1-4H3;/q-3;+3. The van der Waals surface area contributed by atoms with Gasteiger partial charge in [-0.25, -0.2) is 0 Å². The van der Waals surface area contributed by atoms with E-state index < -0.39 is 0 Å². The van der Waals surface area contributed by atoms with E-state index in [1.165, 1.54) is 106 Å². The molecule has 7 heteroatoms. The van der Waals surface area contributed by atoms with E-state index in [0.29, 0.717) is 0 Å². The molecule has 354 valence electrons. The molecule has 3 heterocycles. The molecule has 0 bridgehead atoms. The average Bonchev–Trinajstić information content (AvgIpc) is 4.19. The van der Waals surface area contributed by atoms with Crippen LogP contribution in [0.2, 0.25) is 0 Å². The Morgan fingerprint density at radius 1 is 0.500 bits per heavy atom. The third-order valence-corrected chi connectivity index (χ3v) is 14.5. The summed E-state index contributed by atoms with van der Waals surface area (Å²) in [5, 5.41) is 4.33. The van der Waals surface area contributed by atoms with Crippen LogP contribution in [0.4, 0.5) is 0 Å². The Morgan fingerprint density at radius 2 is 1.06 bits per heavy atom. The van der Waals surface area contributed by atoms with Gasteiger partial charge in [-0.15, -0.1) is 77.4 Å². The van der Waals surface area contributed by atoms with Crippen LogP contribution in [0.3, 0.4) is 0 Å². The summed E-state index contributed by atoms with van der Waals surface area (Å²) in [6.07, 6.45) is 25.9. The fourth-order valence-corrected chi connectivity index (χ4v) is 11.1. The third-order valence-electron chi connectivity index (χ3n) is 14.5. The second-order valence-corrected chi connectivity index (χ2v) is 19.6. The van der Waals surface area contributed by atoms with Crippen LogP contribution in [0.1, 0.15) is 94.2 Å². The summed E-state index contributed by atoms with van der Waals surface area (Å²) in [7, 11) is 0. The summed E-state index contributed by atoms with van der Waals surface area (Å²) in [5.74, 6) is 3.47. The fourth-order valence-electron chi connectivity index (χ4n) is 11.1. The molecule has 70 heavy (non-hydrogen) atoms. The van der Waals surface area contributed by atoms with Crippen LogP contribution in [0.25, 0.3) is 39.8 Å². The second-order valence-electron chi connectivity index (χ2n) is 19.6. The van der Waals surface area contributed by atoms with Crippen molar-refractivity contribution in [3.8, 4) is 39.8 Å². The first-order chi connectivity index (χ1) is 33.8. The quantitative estimate of drug-likeness (QED) is 0.0854. The van der Waals surface area contributed by atoms with E-state index >= 15 is 0 Å². The van der Waals surface area contributed by atoms with E-state index in [4.69, 9.17) is 4.98 Å². The van der Waals surface area contributed by atoms with Crippen LogP contribution >= 0.6 is 0 Å². The van der Waals surface area contributed by atoms with E-state index in [1.54, 1.807) is 0 Å². The fraction of sp³-hybridized carbons (Fsp3) is 0.286. The molecule has 2 unspecified atom stereocenters. The summed E-state index contributed by atoms with van der Waals surface area (Å²) in [6, 6.07) is 52.3. The maximum absolute atomic E-state index is 4.86. The molecule has 1 aliphatic rings. The first kappa shape index (κ1) is 48.6. The minimum atomic E-state index is 0. The molecule has 1 fully saturated rings. The van der Waals surface area contributed by atoms with Crippen LogP contribution in [0.15, 0.2) is 152 Å². The molecule has 3 aromatic heterocycles. The monoisotopic (exact) mass is 1100 g/mol. The molecule has 0 amide bonds. The number of aromatic nitrogens is 6. The van der Waals surface area contributed by atoms with Gasteiger partial charge in [0.15, 0.2) is 0 Å². The zero-order chi connectivity index (χ0) is 47.1. The Kier molecular flexibility index (Phi) is 15.7. The molecule has 9 aromatic rings. The van der Waals surface area contributed by atoms with Crippen LogP contribution < -0.4 is 0 Å². The van der Waals surface area contributed by atoms with Crippen LogP contribution in [-0.2, 0) is 58.6 Å². The van der Waals surface area contributed by atoms with Crippen molar-refractivity contribution in [2.45, 2.75) is 105 Å². The molecular formula is C63H63IrN6. The van der Waals surface area contributed by atoms with Gasteiger partial charge in [-0.05, 0) is 128 Å². The van der Waals surface area contributed by atoms with Crippen molar-refractivity contribution in [2.75, 3.05) is 0 Å². The minimum Gasteiger partial charge on any atom is -0.340 e. The zero-order valence-corrected chi connectivity index (χ0v) is 43.5. The Bertz CT molecular complexity index is 3060. The van der Waals surface area contributed by atoms with E-state index in [0.717, 1.165) is 78.8 Å². The number of benzene rings is 6. The zero-order valence-electron chi connectivity index (χ0n) is 41.1. The van der Waals surface area contributed by atoms with Crippen LogP contribution in [0.5, 0.6) is 0 Å². The molecule has 6 nitrogen and oxygen atoms in total. The summed E-state index contributed by atoms with van der Waals surface area (Å²) in [5.41, 5.74) is 18.7.